The lowest BCUT2D eigenvalue weighted by atomic mass is 10.1. The zero-order chi connectivity index (χ0) is 35.7. The number of carbonyl (C=O) groups excluding carboxylic acids is 3. The summed E-state index contributed by atoms with van der Waals surface area (Å²) in [4.78, 5) is 36.5. The normalized spacial score (nSPS) is 13.3. The van der Waals surface area contributed by atoms with Crippen molar-refractivity contribution in [3.05, 3.63) is 24.3 Å². The van der Waals surface area contributed by atoms with E-state index in [1.165, 1.54) is 77.0 Å². The number of carboxylic acids is 1. The summed E-state index contributed by atoms with van der Waals surface area (Å²) in [5.41, 5.74) is 0. The first-order valence-corrected chi connectivity index (χ1v) is 19.4. The molecule has 0 N–H and O–H groups in total. The summed E-state index contributed by atoms with van der Waals surface area (Å²) in [6.45, 7) is 4.57. The number of nitrogens with zero attached hydrogens (tertiary/aromatic N) is 1. The topological polar surface area (TPSA) is 102 Å². The molecule has 2 unspecified atom stereocenters. The van der Waals surface area contributed by atoms with Crippen LogP contribution in [-0.4, -0.2) is 75.5 Å². The Bertz CT molecular complexity index is 849. The largest absolute Gasteiger partial charge is 0.544 e. The second-order valence-corrected chi connectivity index (χ2v) is 14.2. The van der Waals surface area contributed by atoms with Gasteiger partial charge in [-0.3, -0.25) is 9.59 Å². The van der Waals surface area contributed by atoms with Crippen LogP contribution in [0.3, 0.4) is 0 Å². The van der Waals surface area contributed by atoms with E-state index in [1.54, 1.807) is 21.1 Å². The number of ether oxygens (including phenoxy) is 3. The lowest BCUT2D eigenvalue weighted by Gasteiger charge is -2.34. The van der Waals surface area contributed by atoms with Crippen LogP contribution >= 0.6 is 0 Å². The number of hydrogen-bond acceptors (Lipinski definition) is 7. The molecule has 0 aromatic heterocycles. The molecule has 0 aliphatic rings. The molecule has 0 spiro atoms. The molecule has 0 bridgehead atoms. The van der Waals surface area contributed by atoms with Crippen molar-refractivity contribution >= 4 is 17.9 Å². The number of quaternary nitrogens is 1. The molecule has 8 nitrogen and oxygen atoms in total. The van der Waals surface area contributed by atoms with Gasteiger partial charge in [0, 0.05) is 19.3 Å². The fraction of sp³-hybridized carbons (Fsp3) is 0.825. The monoisotopic (exact) mass is 680 g/mol. The van der Waals surface area contributed by atoms with Gasteiger partial charge in [-0.15, -0.1) is 0 Å². The molecule has 2 atom stereocenters. The quantitative estimate of drug-likeness (QED) is 0.0291. The number of aliphatic carboxylic acids is 1. The molecule has 0 radical (unpaired) electrons. The predicted molar refractivity (Wildman–Crippen MR) is 194 cm³/mol. The minimum Gasteiger partial charge on any atom is -0.544 e. The van der Waals surface area contributed by atoms with E-state index in [2.05, 4.69) is 38.2 Å². The van der Waals surface area contributed by atoms with E-state index < -0.39 is 18.1 Å². The Balaban J connectivity index is 4.34. The van der Waals surface area contributed by atoms with E-state index in [1.807, 2.05) is 0 Å². The van der Waals surface area contributed by atoms with Gasteiger partial charge in [0.25, 0.3) is 0 Å². The lowest BCUT2D eigenvalue weighted by Crippen LogP contribution is -2.55. The molecule has 280 valence electrons. The van der Waals surface area contributed by atoms with Crippen LogP contribution in [0.15, 0.2) is 24.3 Å². The highest BCUT2D eigenvalue weighted by Gasteiger charge is 2.25. The van der Waals surface area contributed by atoms with E-state index in [-0.39, 0.29) is 42.7 Å². The zero-order valence-electron chi connectivity index (χ0n) is 31.7. The van der Waals surface area contributed by atoms with E-state index in [0.29, 0.717) is 12.8 Å². The number of esters is 2. The molecule has 0 saturated carbocycles. The molecule has 0 heterocycles. The van der Waals surface area contributed by atoms with Crippen LogP contribution in [0.5, 0.6) is 0 Å². The molecule has 0 amide bonds. The van der Waals surface area contributed by atoms with Gasteiger partial charge in [-0.1, -0.05) is 122 Å². The number of carbonyl (C=O) groups is 3. The standard InChI is InChI=1S/C40H73NO7/c1-6-8-10-12-14-15-16-17-18-19-20-21-22-23-25-27-29-31-39(43)48-36(34-46-33-32-37(40(44)45)41(3,4)5)35-47-38(42)30-28-26-24-13-11-9-7-2/h14-15,17-18,36-37H,6-13,16,19-35H2,1-5H3/b15-14-,18-17-. The Morgan fingerprint density at radius 1 is 0.625 bits per heavy atom. The minimum atomic E-state index is -1.13. The van der Waals surface area contributed by atoms with Crippen molar-refractivity contribution in [3.8, 4) is 0 Å². The highest BCUT2D eigenvalue weighted by Crippen LogP contribution is 2.13. The van der Waals surface area contributed by atoms with Gasteiger partial charge in [-0.05, 0) is 44.9 Å². The van der Waals surface area contributed by atoms with Gasteiger partial charge < -0.3 is 28.6 Å². The summed E-state index contributed by atoms with van der Waals surface area (Å²) in [6, 6.07) is -0.722. The first-order chi connectivity index (χ1) is 23.1. The second kappa shape index (κ2) is 32.0. The van der Waals surface area contributed by atoms with E-state index in [4.69, 9.17) is 14.2 Å². The zero-order valence-corrected chi connectivity index (χ0v) is 31.7. The van der Waals surface area contributed by atoms with Crippen LogP contribution in [0.2, 0.25) is 0 Å². The molecular weight excluding hydrogens is 606 g/mol. The molecule has 0 aromatic carbocycles. The molecule has 0 rings (SSSR count). The predicted octanol–water partition coefficient (Wildman–Crippen LogP) is 8.41. The molecule has 0 saturated heterocycles. The van der Waals surface area contributed by atoms with Crippen molar-refractivity contribution in [3.63, 3.8) is 0 Å². The summed E-state index contributed by atoms with van der Waals surface area (Å²) in [5.74, 6) is -1.75. The summed E-state index contributed by atoms with van der Waals surface area (Å²) < 4.78 is 17.0. The summed E-state index contributed by atoms with van der Waals surface area (Å²) in [5, 5.41) is 11.6. The Labute approximate surface area is 294 Å². The van der Waals surface area contributed by atoms with Crippen LogP contribution in [0.4, 0.5) is 0 Å². The maximum Gasteiger partial charge on any atom is 0.306 e. The third-order valence-corrected chi connectivity index (χ3v) is 8.59. The fourth-order valence-electron chi connectivity index (χ4n) is 5.51. The second-order valence-electron chi connectivity index (χ2n) is 14.2. The lowest BCUT2D eigenvalue weighted by molar-refractivity contribution is -0.889. The van der Waals surface area contributed by atoms with Gasteiger partial charge >= 0.3 is 11.9 Å². The number of allylic oxidation sites excluding steroid dienone is 4. The van der Waals surface area contributed by atoms with Crippen molar-refractivity contribution in [2.24, 2.45) is 0 Å². The maximum absolute atomic E-state index is 12.6. The highest BCUT2D eigenvalue weighted by molar-refractivity contribution is 5.70. The third kappa shape index (κ3) is 29.9. The minimum absolute atomic E-state index is 0.0400. The van der Waals surface area contributed by atoms with Crippen molar-refractivity contribution in [2.75, 3.05) is 41.0 Å². The summed E-state index contributed by atoms with van der Waals surface area (Å²) in [7, 11) is 5.39. The smallest absolute Gasteiger partial charge is 0.306 e. The molecule has 0 aromatic rings. The average Bonchev–Trinajstić information content (AvgIpc) is 3.03. The molecule has 8 heteroatoms. The van der Waals surface area contributed by atoms with Crippen LogP contribution in [0.25, 0.3) is 0 Å². The Kier molecular flexibility index (Phi) is 30.6. The summed E-state index contributed by atoms with van der Waals surface area (Å²) >= 11 is 0. The number of hydrogen-bond donors (Lipinski definition) is 0. The Hall–Kier alpha value is -2.19. The third-order valence-electron chi connectivity index (χ3n) is 8.59. The Morgan fingerprint density at radius 3 is 1.65 bits per heavy atom. The molecule has 0 aliphatic carbocycles. The first kappa shape index (κ1) is 45.8. The van der Waals surface area contributed by atoms with Crippen LogP contribution in [0.1, 0.15) is 162 Å². The number of carboxylic acid groups (broad SMARTS) is 1. The molecule has 0 aliphatic heterocycles. The van der Waals surface area contributed by atoms with E-state index in [9.17, 15) is 19.5 Å². The van der Waals surface area contributed by atoms with Crippen molar-refractivity contribution in [1.29, 1.82) is 0 Å². The van der Waals surface area contributed by atoms with Gasteiger partial charge in [-0.2, -0.15) is 0 Å². The van der Waals surface area contributed by atoms with Crippen molar-refractivity contribution < 1.29 is 38.2 Å². The van der Waals surface area contributed by atoms with E-state index in [0.717, 1.165) is 51.4 Å². The van der Waals surface area contributed by atoms with Gasteiger partial charge in [0.05, 0.1) is 40.3 Å². The average molecular weight is 680 g/mol. The van der Waals surface area contributed by atoms with Crippen molar-refractivity contribution in [1.82, 2.24) is 0 Å². The SMILES string of the molecule is CCCCC/C=C\C/C=C\CCCCCCCCCC(=O)OC(COCCC(C(=O)[O-])[N+](C)(C)C)COC(=O)CCCCCCCCC. The van der Waals surface area contributed by atoms with Crippen LogP contribution in [0, 0.1) is 0 Å². The van der Waals surface area contributed by atoms with Crippen LogP contribution < -0.4 is 5.11 Å². The van der Waals surface area contributed by atoms with Gasteiger partial charge in [0.15, 0.2) is 6.10 Å². The first-order valence-electron chi connectivity index (χ1n) is 19.4. The van der Waals surface area contributed by atoms with Crippen molar-refractivity contribution in [2.45, 2.75) is 174 Å². The van der Waals surface area contributed by atoms with Gasteiger partial charge in [0.2, 0.25) is 0 Å². The fourth-order valence-corrected chi connectivity index (χ4v) is 5.51. The number of likely N-dealkylation sites (N-methyl/N-ethyl adjacent to an activating group) is 1. The van der Waals surface area contributed by atoms with Gasteiger partial charge in [0.1, 0.15) is 12.6 Å². The highest BCUT2D eigenvalue weighted by atomic mass is 16.6. The molecule has 48 heavy (non-hydrogen) atoms. The van der Waals surface area contributed by atoms with Gasteiger partial charge in [-0.25, -0.2) is 0 Å². The van der Waals surface area contributed by atoms with E-state index >= 15 is 0 Å². The molecule has 0 fully saturated rings. The van der Waals surface area contributed by atoms with Crippen LogP contribution in [-0.2, 0) is 28.6 Å². The maximum atomic E-state index is 12.6. The summed E-state index contributed by atoms with van der Waals surface area (Å²) in [6.07, 6.45) is 32.1. The Morgan fingerprint density at radius 2 is 1.10 bits per heavy atom. The number of unbranched alkanes of at least 4 members (excludes halogenated alkanes) is 16. The number of rotatable bonds is 34. The molecular formula is C40H73NO7.